The number of nitrogens with one attached hydrogen (secondary N) is 1. The number of methoxy groups -OCH3 is 1. The number of para-hydroxylation sites is 1. The minimum atomic E-state index is -0.178. The smallest absolute Gasteiger partial charge is 0.257 e. The van der Waals surface area contributed by atoms with Crippen molar-refractivity contribution >= 4 is 5.91 Å². The molecule has 0 aliphatic carbocycles. The van der Waals surface area contributed by atoms with Gasteiger partial charge in [0.2, 0.25) is 6.79 Å². The van der Waals surface area contributed by atoms with Gasteiger partial charge in [0.15, 0.2) is 18.1 Å². The van der Waals surface area contributed by atoms with E-state index in [4.69, 9.17) is 18.9 Å². The molecule has 0 fully saturated rings. The number of carbonyl (C=O) groups excluding carboxylic acids is 1. The Bertz CT molecular complexity index is 716. The summed E-state index contributed by atoms with van der Waals surface area (Å²) >= 11 is 0. The van der Waals surface area contributed by atoms with E-state index in [9.17, 15) is 4.79 Å². The van der Waals surface area contributed by atoms with Gasteiger partial charge in [0.1, 0.15) is 11.5 Å². The van der Waals surface area contributed by atoms with E-state index >= 15 is 0 Å². The van der Waals surface area contributed by atoms with Gasteiger partial charge in [-0.3, -0.25) is 4.79 Å². The molecule has 0 atom stereocenters. The second-order valence-corrected chi connectivity index (χ2v) is 5.22. The molecule has 0 unspecified atom stereocenters. The first kappa shape index (κ1) is 16.0. The molecule has 1 heterocycles. The van der Waals surface area contributed by atoms with Crippen molar-refractivity contribution < 1.29 is 23.7 Å². The third-order valence-corrected chi connectivity index (χ3v) is 3.62. The molecule has 0 saturated carbocycles. The van der Waals surface area contributed by atoms with Crippen LogP contribution in [-0.4, -0.2) is 33.0 Å². The lowest BCUT2D eigenvalue weighted by Gasteiger charge is -2.10. The maximum absolute atomic E-state index is 11.9. The predicted octanol–water partition coefficient (Wildman–Crippen LogP) is 2.16. The topological polar surface area (TPSA) is 66.0 Å². The lowest BCUT2D eigenvalue weighted by atomic mass is 10.1. The minimum Gasteiger partial charge on any atom is -0.496 e. The summed E-state index contributed by atoms with van der Waals surface area (Å²) in [6.45, 7) is 0.678. The number of fused-ring (bicyclic) bond motifs is 1. The number of benzene rings is 2. The van der Waals surface area contributed by atoms with Crippen LogP contribution in [0.25, 0.3) is 0 Å². The fraction of sp³-hybridized carbons (Fsp3) is 0.278. The van der Waals surface area contributed by atoms with Crippen LogP contribution in [0.4, 0.5) is 0 Å². The van der Waals surface area contributed by atoms with Crippen molar-refractivity contribution in [1.82, 2.24) is 5.32 Å². The van der Waals surface area contributed by atoms with Crippen molar-refractivity contribution in [3.8, 4) is 23.0 Å². The summed E-state index contributed by atoms with van der Waals surface area (Å²) in [5.74, 6) is 2.53. The molecule has 0 bridgehead atoms. The second kappa shape index (κ2) is 7.59. The lowest BCUT2D eigenvalue weighted by Crippen LogP contribution is -2.30. The molecule has 2 aromatic carbocycles. The normalized spacial score (nSPS) is 11.9. The summed E-state index contributed by atoms with van der Waals surface area (Å²) in [7, 11) is 1.64. The highest BCUT2D eigenvalue weighted by molar-refractivity contribution is 5.77. The molecule has 1 aliphatic heterocycles. The summed E-state index contributed by atoms with van der Waals surface area (Å²) in [5, 5.41) is 2.83. The van der Waals surface area contributed by atoms with Crippen LogP contribution in [0.3, 0.4) is 0 Å². The Balaban J connectivity index is 1.43. The molecule has 6 heteroatoms. The highest BCUT2D eigenvalue weighted by Gasteiger charge is 2.14. The first-order valence-corrected chi connectivity index (χ1v) is 7.67. The SMILES string of the molecule is COc1ccccc1CCNC(=O)COc1ccc2c(c1)OCO2. The standard InChI is InChI=1S/C18H19NO5/c1-21-15-5-3-2-4-13(15)8-9-19-18(20)11-22-14-6-7-16-17(10-14)24-12-23-16/h2-7,10H,8-9,11-12H2,1H3,(H,19,20). The van der Waals surface area contributed by atoms with Crippen LogP contribution in [0.1, 0.15) is 5.56 Å². The molecule has 1 aliphatic rings. The van der Waals surface area contributed by atoms with Crippen LogP contribution in [0, 0.1) is 0 Å². The molecule has 3 rings (SSSR count). The number of amides is 1. The van der Waals surface area contributed by atoms with E-state index in [1.807, 2.05) is 24.3 Å². The van der Waals surface area contributed by atoms with Gasteiger partial charge in [-0.15, -0.1) is 0 Å². The van der Waals surface area contributed by atoms with Crippen LogP contribution in [0.5, 0.6) is 23.0 Å². The first-order valence-electron chi connectivity index (χ1n) is 7.67. The molecule has 2 aromatic rings. The zero-order valence-electron chi connectivity index (χ0n) is 13.4. The Morgan fingerprint density at radius 2 is 2.00 bits per heavy atom. The maximum Gasteiger partial charge on any atom is 0.257 e. The van der Waals surface area contributed by atoms with Gasteiger partial charge in [-0.2, -0.15) is 0 Å². The molecule has 126 valence electrons. The average Bonchev–Trinajstić information content (AvgIpc) is 3.08. The minimum absolute atomic E-state index is 0.0500. The van der Waals surface area contributed by atoms with Crippen molar-refractivity contribution in [3.05, 3.63) is 48.0 Å². The van der Waals surface area contributed by atoms with E-state index in [-0.39, 0.29) is 19.3 Å². The largest absolute Gasteiger partial charge is 0.496 e. The molecule has 0 saturated heterocycles. The van der Waals surface area contributed by atoms with Crippen molar-refractivity contribution in [1.29, 1.82) is 0 Å². The Hall–Kier alpha value is -2.89. The zero-order valence-corrected chi connectivity index (χ0v) is 13.4. The summed E-state index contributed by atoms with van der Waals surface area (Å²) in [6, 6.07) is 13.0. The van der Waals surface area contributed by atoms with Gasteiger partial charge in [-0.05, 0) is 30.2 Å². The third-order valence-electron chi connectivity index (χ3n) is 3.62. The van der Waals surface area contributed by atoms with E-state index in [2.05, 4.69) is 5.32 Å². The van der Waals surface area contributed by atoms with Crippen LogP contribution in [-0.2, 0) is 11.2 Å². The Morgan fingerprint density at radius 3 is 2.88 bits per heavy atom. The van der Waals surface area contributed by atoms with Gasteiger partial charge in [0, 0.05) is 12.6 Å². The molecule has 0 spiro atoms. The number of hydrogen-bond acceptors (Lipinski definition) is 5. The lowest BCUT2D eigenvalue weighted by molar-refractivity contribution is -0.123. The van der Waals surface area contributed by atoms with Gasteiger partial charge in [-0.25, -0.2) is 0 Å². The van der Waals surface area contributed by atoms with Gasteiger partial charge in [0.05, 0.1) is 7.11 Å². The average molecular weight is 329 g/mol. The first-order chi connectivity index (χ1) is 11.8. The summed E-state index contributed by atoms with van der Waals surface area (Å²) in [5.41, 5.74) is 1.05. The third kappa shape index (κ3) is 3.90. The van der Waals surface area contributed by atoms with E-state index in [0.29, 0.717) is 30.2 Å². The molecule has 6 nitrogen and oxygen atoms in total. The van der Waals surface area contributed by atoms with E-state index in [0.717, 1.165) is 11.3 Å². The Kier molecular flexibility index (Phi) is 5.05. The van der Waals surface area contributed by atoms with Crippen LogP contribution in [0.15, 0.2) is 42.5 Å². The maximum atomic E-state index is 11.9. The fourth-order valence-electron chi connectivity index (χ4n) is 2.41. The summed E-state index contributed by atoms with van der Waals surface area (Å²) < 4.78 is 21.2. The van der Waals surface area contributed by atoms with Crippen LogP contribution >= 0.6 is 0 Å². The predicted molar refractivity (Wildman–Crippen MR) is 87.8 cm³/mol. The van der Waals surface area contributed by atoms with Crippen molar-refractivity contribution in [3.63, 3.8) is 0 Å². The summed E-state index contributed by atoms with van der Waals surface area (Å²) in [6.07, 6.45) is 0.694. The van der Waals surface area contributed by atoms with Crippen LogP contribution in [0.2, 0.25) is 0 Å². The van der Waals surface area contributed by atoms with Gasteiger partial charge < -0.3 is 24.3 Å². The second-order valence-electron chi connectivity index (χ2n) is 5.22. The van der Waals surface area contributed by atoms with E-state index in [1.165, 1.54) is 0 Å². The number of carbonyl (C=O) groups is 1. The Labute approximate surface area is 140 Å². The fourth-order valence-corrected chi connectivity index (χ4v) is 2.41. The van der Waals surface area contributed by atoms with Gasteiger partial charge in [-0.1, -0.05) is 18.2 Å². The molecule has 1 N–H and O–H groups in total. The van der Waals surface area contributed by atoms with Crippen molar-refractivity contribution in [2.24, 2.45) is 0 Å². The van der Waals surface area contributed by atoms with Gasteiger partial charge >= 0.3 is 0 Å². The zero-order chi connectivity index (χ0) is 16.8. The molecule has 24 heavy (non-hydrogen) atoms. The number of hydrogen-bond donors (Lipinski definition) is 1. The van der Waals surface area contributed by atoms with E-state index in [1.54, 1.807) is 25.3 Å². The molecule has 1 amide bonds. The molecule has 0 aromatic heterocycles. The van der Waals surface area contributed by atoms with E-state index < -0.39 is 0 Å². The number of rotatable bonds is 7. The monoisotopic (exact) mass is 329 g/mol. The quantitative estimate of drug-likeness (QED) is 0.843. The number of ether oxygens (including phenoxy) is 4. The van der Waals surface area contributed by atoms with Gasteiger partial charge in [0.25, 0.3) is 5.91 Å². The highest BCUT2D eigenvalue weighted by atomic mass is 16.7. The Morgan fingerprint density at radius 1 is 1.17 bits per heavy atom. The van der Waals surface area contributed by atoms with Crippen molar-refractivity contribution in [2.45, 2.75) is 6.42 Å². The molecular formula is C18H19NO5. The molecular weight excluding hydrogens is 310 g/mol. The highest BCUT2D eigenvalue weighted by Crippen LogP contribution is 2.34. The van der Waals surface area contributed by atoms with Crippen molar-refractivity contribution in [2.75, 3.05) is 27.1 Å². The molecule has 0 radical (unpaired) electrons. The van der Waals surface area contributed by atoms with Crippen LogP contribution < -0.4 is 24.3 Å². The summed E-state index contributed by atoms with van der Waals surface area (Å²) in [4.78, 5) is 11.9.